The average Bonchev–Trinajstić information content (AvgIpc) is 2.93. The molecule has 0 saturated heterocycles. The van der Waals surface area contributed by atoms with Gasteiger partial charge in [0.05, 0.1) is 47.4 Å². The number of hydrogen-bond donors (Lipinski definition) is 0. The maximum absolute atomic E-state index is 12.8. The lowest BCUT2D eigenvalue weighted by molar-refractivity contribution is 0.0501. The summed E-state index contributed by atoms with van der Waals surface area (Å²) in [5.41, 5.74) is 2.09. The molecular weight excluding hydrogens is 588 g/mol. The maximum Gasteiger partial charge on any atom is 0.343 e. The third-order valence-corrected chi connectivity index (χ3v) is 7.03. The second-order valence-corrected chi connectivity index (χ2v) is 9.79. The van der Waals surface area contributed by atoms with E-state index in [9.17, 15) is 9.59 Å². The number of esters is 2. The Morgan fingerprint density at radius 2 is 1.18 bits per heavy atom. The van der Waals surface area contributed by atoms with Crippen LogP contribution in [0.3, 0.4) is 0 Å². The lowest BCUT2D eigenvalue weighted by Gasteiger charge is -2.25. The summed E-state index contributed by atoms with van der Waals surface area (Å²) in [4.78, 5) is 27.6. The van der Waals surface area contributed by atoms with Crippen LogP contribution in [0.4, 0.5) is 5.69 Å². The summed E-state index contributed by atoms with van der Waals surface area (Å²) in [6.07, 6.45) is 0.839. The number of halogens is 4. The van der Waals surface area contributed by atoms with Crippen LogP contribution in [-0.2, 0) is 15.9 Å². The summed E-state index contributed by atoms with van der Waals surface area (Å²) in [5.74, 6) is -1.06. The monoisotopic (exact) mass is 613 g/mol. The Hall–Kier alpha value is -2.84. The Morgan fingerprint density at radius 3 is 1.62 bits per heavy atom. The van der Waals surface area contributed by atoms with Crippen molar-refractivity contribution in [3.8, 4) is 11.5 Å². The fraction of sp³-hybridized carbons (Fsp3) is 0.286. The molecule has 39 heavy (non-hydrogen) atoms. The predicted molar refractivity (Wildman–Crippen MR) is 155 cm³/mol. The first kappa shape index (κ1) is 30.7. The molecule has 7 nitrogen and oxygen atoms in total. The first-order valence-electron chi connectivity index (χ1n) is 11.9. The van der Waals surface area contributed by atoms with Gasteiger partial charge in [-0.1, -0.05) is 65.5 Å². The normalized spacial score (nSPS) is 10.6. The van der Waals surface area contributed by atoms with E-state index in [4.69, 9.17) is 65.4 Å². The smallest absolute Gasteiger partial charge is 0.343 e. The summed E-state index contributed by atoms with van der Waals surface area (Å²) in [5, 5.41) is 0.807. The van der Waals surface area contributed by atoms with Gasteiger partial charge in [-0.2, -0.15) is 0 Å². The summed E-state index contributed by atoms with van der Waals surface area (Å²) in [7, 11) is 2.79. The van der Waals surface area contributed by atoms with Gasteiger partial charge in [0, 0.05) is 5.69 Å². The number of nitrogens with zero attached hydrogens (tertiary/aromatic N) is 1. The molecule has 0 aliphatic rings. The first-order valence-corrected chi connectivity index (χ1v) is 13.4. The molecule has 11 heteroatoms. The van der Waals surface area contributed by atoms with Crippen LogP contribution in [-0.4, -0.2) is 52.5 Å². The van der Waals surface area contributed by atoms with Gasteiger partial charge in [-0.3, -0.25) is 0 Å². The number of ether oxygens (including phenoxy) is 4. The van der Waals surface area contributed by atoms with Crippen LogP contribution in [0.1, 0.15) is 33.2 Å². The number of rotatable bonds is 12. The molecule has 0 spiro atoms. The van der Waals surface area contributed by atoms with E-state index in [0.29, 0.717) is 13.1 Å². The Morgan fingerprint density at radius 1 is 0.718 bits per heavy atom. The highest BCUT2D eigenvalue weighted by molar-refractivity contribution is 6.37. The molecule has 0 unspecified atom stereocenters. The fourth-order valence-corrected chi connectivity index (χ4v) is 4.75. The number of carbonyl (C=O) groups is 2. The standard InChI is InChI=1S/C28H27Cl4NO6/c1-4-17-6-5-7-18(16-17)33(12-14-38-27(34)23-19(29)8-10-21(31)25(23)36-2)13-15-39-28(35)24-20(30)9-11-22(32)26(24)37-3/h5-11,16H,4,12-15H2,1-3H3. The minimum Gasteiger partial charge on any atom is -0.494 e. The molecule has 0 fully saturated rings. The lowest BCUT2D eigenvalue weighted by Crippen LogP contribution is -2.32. The summed E-state index contributed by atoms with van der Waals surface area (Å²) in [6, 6.07) is 14.0. The van der Waals surface area contributed by atoms with Crippen molar-refractivity contribution in [2.45, 2.75) is 13.3 Å². The minimum atomic E-state index is -0.671. The predicted octanol–water partition coefficient (Wildman–Crippen LogP) is 7.40. The topological polar surface area (TPSA) is 74.3 Å². The largest absolute Gasteiger partial charge is 0.494 e. The van der Waals surface area contributed by atoms with Gasteiger partial charge >= 0.3 is 11.9 Å². The highest BCUT2D eigenvalue weighted by Crippen LogP contribution is 2.35. The average molecular weight is 615 g/mol. The Bertz CT molecular complexity index is 1260. The van der Waals surface area contributed by atoms with Crippen molar-refractivity contribution >= 4 is 64.0 Å². The van der Waals surface area contributed by atoms with Gasteiger partial charge in [0.25, 0.3) is 0 Å². The van der Waals surface area contributed by atoms with Crippen LogP contribution in [0.5, 0.6) is 11.5 Å². The van der Waals surface area contributed by atoms with E-state index < -0.39 is 11.9 Å². The van der Waals surface area contributed by atoms with Gasteiger partial charge in [-0.15, -0.1) is 0 Å². The third kappa shape index (κ3) is 7.63. The van der Waals surface area contributed by atoms with Crippen LogP contribution < -0.4 is 14.4 Å². The fourth-order valence-electron chi connectivity index (χ4n) is 3.83. The van der Waals surface area contributed by atoms with Crippen LogP contribution in [0.15, 0.2) is 48.5 Å². The number of methoxy groups -OCH3 is 2. The second-order valence-electron chi connectivity index (χ2n) is 8.16. The second kappa shape index (κ2) is 14.5. The molecule has 3 aromatic carbocycles. The molecule has 0 bridgehead atoms. The number of carbonyl (C=O) groups excluding carboxylic acids is 2. The summed E-state index contributed by atoms with van der Waals surface area (Å²) < 4.78 is 21.5. The van der Waals surface area contributed by atoms with Crippen LogP contribution >= 0.6 is 46.4 Å². The van der Waals surface area contributed by atoms with E-state index in [1.54, 1.807) is 0 Å². The van der Waals surface area contributed by atoms with E-state index in [1.807, 2.05) is 29.2 Å². The SMILES string of the molecule is CCc1cccc(N(CCOC(=O)c2c(Cl)ccc(Cl)c2OC)CCOC(=O)c2c(Cl)ccc(Cl)c2OC)c1. The van der Waals surface area contributed by atoms with E-state index in [2.05, 4.69) is 6.92 Å². The van der Waals surface area contributed by atoms with Crippen molar-refractivity contribution in [3.63, 3.8) is 0 Å². The van der Waals surface area contributed by atoms with Crippen molar-refractivity contribution in [1.82, 2.24) is 0 Å². The molecule has 3 rings (SSSR count). The highest BCUT2D eigenvalue weighted by atomic mass is 35.5. The zero-order valence-corrected chi connectivity index (χ0v) is 24.6. The molecule has 0 N–H and O–H groups in total. The quantitative estimate of drug-likeness (QED) is 0.197. The van der Waals surface area contributed by atoms with Crippen LogP contribution in [0.25, 0.3) is 0 Å². The lowest BCUT2D eigenvalue weighted by atomic mass is 10.1. The van der Waals surface area contributed by atoms with E-state index >= 15 is 0 Å². The van der Waals surface area contributed by atoms with Crippen molar-refractivity contribution in [2.75, 3.05) is 45.4 Å². The van der Waals surface area contributed by atoms with E-state index in [0.717, 1.165) is 17.7 Å². The minimum absolute atomic E-state index is 0.0169. The number of hydrogen-bond acceptors (Lipinski definition) is 7. The van der Waals surface area contributed by atoms with Crippen molar-refractivity contribution in [3.05, 3.63) is 85.3 Å². The van der Waals surface area contributed by atoms with Crippen LogP contribution in [0, 0.1) is 0 Å². The molecule has 0 aliphatic heterocycles. The van der Waals surface area contributed by atoms with E-state index in [-0.39, 0.29) is 55.9 Å². The Labute approximate surface area is 247 Å². The molecule has 208 valence electrons. The molecule has 0 atom stereocenters. The molecule has 0 aliphatic carbocycles. The van der Waals surface area contributed by atoms with Crippen molar-refractivity contribution in [2.24, 2.45) is 0 Å². The molecule has 0 saturated carbocycles. The number of benzene rings is 3. The maximum atomic E-state index is 12.8. The summed E-state index contributed by atoms with van der Waals surface area (Å²) in [6.45, 7) is 2.69. The zero-order chi connectivity index (χ0) is 28.5. The van der Waals surface area contributed by atoms with Crippen molar-refractivity contribution in [1.29, 1.82) is 0 Å². The van der Waals surface area contributed by atoms with Gasteiger partial charge in [0.1, 0.15) is 24.3 Å². The van der Waals surface area contributed by atoms with Crippen LogP contribution in [0.2, 0.25) is 20.1 Å². The molecule has 0 heterocycles. The highest BCUT2D eigenvalue weighted by Gasteiger charge is 2.23. The first-order chi connectivity index (χ1) is 18.7. The molecule has 0 aromatic heterocycles. The molecule has 3 aromatic rings. The molecular formula is C28H27Cl4NO6. The Balaban J connectivity index is 1.72. The van der Waals surface area contributed by atoms with Crippen molar-refractivity contribution < 1.29 is 28.5 Å². The zero-order valence-electron chi connectivity index (χ0n) is 21.6. The Kier molecular flexibility index (Phi) is 11.4. The van der Waals surface area contributed by atoms with Gasteiger partial charge in [-0.05, 0) is 48.4 Å². The van der Waals surface area contributed by atoms with Gasteiger partial charge < -0.3 is 23.8 Å². The van der Waals surface area contributed by atoms with Gasteiger partial charge in [0.2, 0.25) is 0 Å². The summed E-state index contributed by atoms with van der Waals surface area (Å²) >= 11 is 24.7. The molecule has 0 radical (unpaired) electrons. The van der Waals surface area contributed by atoms with Gasteiger partial charge in [0.15, 0.2) is 11.5 Å². The van der Waals surface area contributed by atoms with E-state index in [1.165, 1.54) is 38.5 Å². The van der Waals surface area contributed by atoms with Gasteiger partial charge in [-0.25, -0.2) is 9.59 Å². The molecule has 0 amide bonds. The number of anilines is 1. The third-order valence-electron chi connectivity index (χ3n) is 5.81. The number of aryl methyl sites for hydroxylation is 1.